The van der Waals surface area contributed by atoms with Crippen LogP contribution in [-0.2, 0) is 4.79 Å². The van der Waals surface area contributed by atoms with E-state index < -0.39 is 0 Å². The lowest BCUT2D eigenvalue weighted by Gasteiger charge is -2.30. The lowest BCUT2D eigenvalue weighted by molar-refractivity contribution is -0.126. The lowest BCUT2D eigenvalue weighted by Crippen LogP contribution is -2.42. The molecule has 3 rings (SSSR count). The van der Waals surface area contributed by atoms with Crippen LogP contribution in [0.3, 0.4) is 0 Å². The van der Waals surface area contributed by atoms with E-state index in [1.54, 1.807) is 0 Å². The minimum Gasteiger partial charge on any atom is -0.371 e. The molecular formula is C20H26BrN3O. The summed E-state index contributed by atoms with van der Waals surface area (Å²) in [5, 5.41) is 3.19. The average Bonchev–Trinajstić information content (AvgIpc) is 3.10. The zero-order valence-corrected chi connectivity index (χ0v) is 16.2. The van der Waals surface area contributed by atoms with E-state index >= 15 is 0 Å². The third-order valence-electron chi connectivity index (χ3n) is 5.32. The van der Waals surface area contributed by atoms with E-state index in [9.17, 15) is 4.79 Å². The molecule has 0 aliphatic carbocycles. The number of rotatable bonds is 5. The van der Waals surface area contributed by atoms with Crippen molar-refractivity contribution in [3.63, 3.8) is 0 Å². The molecule has 1 N–H and O–H groups in total. The molecule has 0 radical (unpaired) electrons. The first kappa shape index (κ1) is 18.3. The molecule has 1 amide bonds. The molecule has 1 aromatic carbocycles. The third kappa shape index (κ3) is 4.99. The topological polar surface area (TPSA) is 35.6 Å². The van der Waals surface area contributed by atoms with Crippen molar-refractivity contribution in [2.45, 2.75) is 19.3 Å². The maximum absolute atomic E-state index is 12.4. The number of benzene rings is 1. The van der Waals surface area contributed by atoms with E-state index in [0.29, 0.717) is 12.5 Å². The van der Waals surface area contributed by atoms with Crippen LogP contribution in [0.2, 0.25) is 0 Å². The molecule has 2 fully saturated rings. The summed E-state index contributed by atoms with van der Waals surface area (Å²) in [6.45, 7) is 5.43. The number of carbonyl (C=O) groups excluding carboxylic acids is 1. The number of likely N-dealkylation sites (tertiary alicyclic amines) is 1. The summed E-state index contributed by atoms with van der Waals surface area (Å²) in [6.07, 6.45) is 8.33. The Morgan fingerprint density at radius 1 is 1.20 bits per heavy atom. The van der Waals surface area contributed by atoms with Crippen molar-refractivity contribution in [1.82, 2.24) is 10.2 Å². The Morgan fingerprint density at radius 2 is 1.92 bits per heavy atom. The monoisotopic (exact) mass is 403 g/mol. The van der Waals surface area contributed by atoms with E-state index in [2.05, 4.69) is 61.2 Å². The van der Waals surface area contributed by atoms with Crippen molar-refractivity contribution in [3.05, 3.63) is 28.7 Å². The summed E-state index contributed by atoms with van der Waals surface area (Å²) in [4.78, 5) is 17.1. The maximum Gasteiger partial charge on any atom is 0.223 e. The molecule has 0 bridgehead atoms. The fraction of sp³-hybridized carbons (Fsp3) is 0.550. The summed E-state index contributed by atoms with van der Waals surface area (Å²) in [6, 6.07) is 8.46. The van der Waals surface area contributed by atoms with Gasteiger partial charge in [0.25, 0.3) is 0 Å². The number of carbonyl (C=O) groups is 1. The highest BCUT2D eigenvalue weighted by atomic mass is 79.9. The highest BCUT2D eigenvalue weighted by molar-refractivity contribution is 9.10. The van der Waals surface area contributed by atoms with Gasteiger partial charge in [0.2, 0.25) is 5.91 Å². The van der Waals surface area contributed by atoms with E-state index in [-0.39, 0.29) is 11.8 Å². The second kappa shape index (κ2) is 8.73. The van der Waals surface area contributed by atoms with Gasteiger partial charge in [-0.2, -0.15) is 0 Å². The van der Waals surface area contributed by atoms with Gasteiger partial charge >= 0.3 is 0 Å². The molecule has 2 aliphatic rings. The number of nitrogens with one attached hydrogen (secondary N) is 1. The highest BCUT2D eigenvalue weighted by Gasteiger charge is 2.27. The van der Waals surface area contributed by atoms with Crippen LogP contribution in [0.4, 0.5) is 5.69 Å². The van der Waals surface area contributed by atoms with Crippen LogP contribution in [0.5, 0.6) is 0 Å². The minimum atomic E-state index is 0.151. The van der Waals surface area contributed by atoms with Crippen LogP contribution in [-0.4, -0.2) is 50.1 Å². The summed E-state index contributed by atoms with van der Waals surface area (Å²) in [7, 11) is 0. The highest BCUT2D eigenvalue weighted by Crippen LogP contribution is 2.25. The third-order valence-corrected chi connectivity index (χ3v) is 5.84. The van der Waals surface area contributed by atoms with E-state index in [4.69, 9.17) is 6.42 Å². The molecule has 2 saturated heterocycles. The van der Waals surface area contributed by atoms with Gasteiger partial charge in [-0.3, -0.25) is 9.69 Å². The zero-order valence-electron chi connectivity index (χ0n) is 14.6. The summed E-state index contributed by atoms with van der Waals surface area (Å²) >= 11 is 3.48. The number of piperidine rings is 1. The van der Waals surface area contributed by atoms with E-state index in [1.807, 2.05) is 0 Å². The fourth-order valence-electron chi connectivity index (χ4n) is 3.76. The van der Waals surface area contributed by atoms with E-state index in [0.717, 1.165) is 56.5 Å². The first-order valence-corrected chi connectivity index (χ1v) is 9.89. The molecule has 0 unspecified atom stereocenters. The summed E-state index contributed by atoms with van der Waals surface area (Å²) in [5.74, 6) is 3.59. The van der Waals surface area contributed by atoms with Crippen LogP contribution >= 0.6 is 15.9 Å². The minimum absolute atomic E-state index is 0.151. The number of halogens is 1. The van der Waals surface area contributed by atoms with Crippen molar-refractivity contribution >= 4 is 27.5 Å². The Morgan fingerprint density at radius 3 is 2.60 bits per heavy atom. The Bertz CT molecular complexity index is 617. The molecule has 4 nitrogen and oxygen atoms in total. The van der Waals surface area contributed by atoms with Gasteiger partial charge < -0.3 is 10.2 Å². The van der Waals surface area contributed by atoms with Gasteiger partial charge in [-0.1, -0.05) is 21.9 Å². The summed E-state index contributed by atoms with van der Waals surface area (Å²) in [5.41, 5.74) is 1.26. The van der Waals surface area contributed by atoms with E-state index in [1.165, 1.54) is 5.69 Å². The first-order valence-electron chi connectivity index (χ1n) is 9.09. The molecule has 0 spiro atoms. The van der Waals surface area contributed by atoms with Crippen molar-refractivity contribution < 1.29 is 4.79 Å². The van der Waals surface area contributed by atoms with Gasteiger partial charge in [-0.25, -0.2) is 0 Å². The number of anilines is 1. The average molecular weight is 404 g/mol. The molecule has 1 aromatic rings. The second-order valence-corrected chi connectivity index (χ2v) is 7.99. The number of hydrogen-bond acceptors (Lipinski definition) is 3. The number of terminal acetylenes is 1. The molecule has 2 heterocycles. The van der Waals surface area contributed by atoms with Crippen LogP contribution in [0.25, 0.3) is 0 Å². The summed E-state index contributed by atoms with van der Waals surface area (Å²) < 4.78 is 1.10. The van der Waals surface area contributed by atoms with Gasteiger partial charge in [0.05, 0.1) is 6.54 Å². The second-order valence-electron chi connectivity index (χ2n) is 7.08. The largest absolute Gasteiger partial charge is 0.371 e. The van der Waals surface area contributed by atoms with Crippen molar-refractivity contribution in [3.8, 4) is 12.3 Å². The maximum atomic E-state index is 12.4. The zero-order chi connectivity index (χ0) is 17.6. The molecule has 0 aromatic heterocycles. The Labute approximate surface area is 159 Å². The molecule has 5 heteroatoms. The molecular weight excluding hydrogens is 378 g/mol. The fourth-order valence-corrected chi connectivity index (χ4v) is 4.02. The van der Waals surface area contributed by atoms with Gasteiger partial charge in [-0.15, -0.1) is 6.42 Å². The predicted molar refractivity (Wildman–Crippen MR) is 105 cm³/mol. The first-order chi connectivity index (χ1) is 12.2. The molecule has 0 saturated carbocycles. The quantitative estimate of drug-likeness (QED) is 0.767. The lowest BCUT2D eigenvalue weighted by atomic mass is 9.95. The van der Waals surface area contributed by atoms with Crippen LogP contribution < -0.4 is 10.2 Å². The van der Waals surface area contributed by atoms with Gasteiger partial charge in [0, 0.05) is 35.7 Å². The number of amides is 1. The molecule has 1 atom stereocenters. The molecule has 25 heavy (non-hydrogen) atoms. The standard InChI is InChI=1S/C20H26BrN3O/c1-2-10-23-11-8-17(9-12-23)20(25)22-14-16-7-13-24(15-16)19-5-3-18(21)4-6-19/h1,3-6,16-17H,7-15H2,(H,22,25)/t16-/m0/s1. The van der Waals surface area contributed by atoms with Crippen LogP contribution in [0.15, 0.2) is 28.7 Å². The Kier molecular flexibility index (Phi) is 6.39. The Balaban J connectivity index is 1.40. The number of hydrogen-bond donors (Lipinski definition) is 1. The van der Waals surface area contributed by atoms with Crippen molar-refractivity contribution in [1.29, 1.82) is 0 Å². The van der Waals surface area contributed by atoms with Crippen LogP contribution in [0, 0.1) is 24.2 Å². The van der Waals surface area contributed by atoms with Gasteiger partial charge in [-0.05, 0) is 62.5 Å². The van der Waals surface area contributed by atoms with Gasteiger partial charge in [0.15, 0.2) is 0 Å². The normalized spacial score (nSPS) is 21.9. The molecule has 134 valence electrons. The van der Waals surface area contributed by atoms with Crippen molar-refractivity contribution in [2.75, 3.05) is 44.2 Å². The number of nitrogens with zero attached hydrogens (tertiary/aromatic N) is 2. The predicted octanol–water partition coefficient (Wildman–Crippen LogP) is 2.74. The SMILES string of the molecule is C#CCN1CCC(C(=O)NC[C@@H]2CCN(c3ccc(Br)cc3)C2)CC1. The van der Waals surface area contributed by atoms with Crippen LogP contribution in [0.1, 0.15) is 19.3 Å². The Hall–Kier alpha value is -1.51. The molecule has 2 aliphatic heterocycles. The van der Waals surface area contributed by atoms with Gasteiger partial charge in [0.1, 0.15) is 0 Å². The van der Waals surface area contributed by atoms with Crippen molar-refractivity contribution in [2.24, 2.45) is 11.8 Å². The smallest absolute Gasteiger partial charge is 0.223 e.